The van der Waals surface area contributed by atoms with E-state index < -0.39 is 17.9 Å². The SMILES string of the molecule is CC(C(=O)O)C(=O)Oc1cccc(-c2cn3c(n2)sc2ccccc23)c1. The summed E-state index contributed by atoms with van der Waals surface area (Å²) in [4.78, 5) is 28.2. The fourth-order valence-electron chi connectivity index (χ4n) is 2.61. The summed E-state index contributed by atoms with van der Waals surface area (Å²) in [6, 6.07) is 15.0. The summed E-state index contributed by atoms with van der Waals surface area (Å²) in [6.45, 7) is 1.29. The van der Waals surface area contributed by atoms with E-state index in [0.717, 1.165) is 26.4 Å². The average Bonchev–Trinajstić information content (AvgIpc) is 3.19. The summed E-state index contributed by atoms with van der Waals surface area (Å²) < 4.78 is 8.36. The molecule has 2 heterocycles. The van der Waals surface area contributed by atoms with Crippen LogP contribution in [0.25, 0.3) is 26.4 Å². The number of rotatable bonds is 4. The molecule has 1 unspecified atom stereocenters. The number of para-hydroxylation sites is 1. The van der Waals surface area contributed by atoms with Crippen molar-refractivity contribution in [1.82, 2.24) is 9.38 Å². The number of benzene rings is 2. The molecule has 0 saturated carbocycles. The van der Waals surface area contributed by atoms with Crippen molar-refractivity contribution >= 4 is 38.5 Å². The van der Waals surface area contributed by atoms with Crippen LogP contribution in [0.15, 0.2) is 54.7 Å². The van der Waals surface area contributed by atoms with Crippen molar-refractivity contribution in [2.24, 2.45) is 5.92 Å². The summed E-state index contributed by atoms with van der Waals surface area (Å²) in [5.74, 6) is -2.94. The monoisotopic (exact) mass is 366 g/mol. The van der Waals surface area contributed by atoms with Crippen LogP contribution >= 0.6 is 11.3 Å². The van der Waals surface area contributed by atoms with E-state index in [4.69, 9.17) is 9.84 Å². The number of fused-ring (bicyclic) bond motifs is 3. The highest BCUT2D eigenvalue weighted by atomic mass is 32.1. The third-order valence-corrected chi connectivity index (χ3v) is 5.11. The molecule has 0 bridgehead atoms. The Labute approximate surface area is 152 Å². The van der Waals surface area contributed by atoms with E-state index in [2.05, 4.69) is 11.1 Å². The molecule has 7 heteroatoms. The van der Waals surface area contributed by atoms with Gasteiger partial charge in [-0.2, -0.15) is 0 Å². The first kappa shape index (κ1) is 16.3. The highest BCUT2D eigenvalue weighted by molar-refractivity contribution is 7.23. The number of carboxylic acids is 1. The van der Waals surface area contributed by atoms with Gasteiger partial charge in [-0.25, -0.2) is 4.98 Å². The Morgan fingerprint density at radius 3 is 2.81 bits per heavy atom. The second-order valence-electron chi connectivity index (χ2n) is 5.86. The number of nitrogens with zero attached hydrogens (tertiary/aromatic N) is 2. The van der Waals surface area contributed by atoms with Gasteiger partial charge in [-0.15, -0.1) is 0 Å². The molecular weight excluding hydrogens is 352 g/mol. The second kappa shape index (κ2) is 6.27. The van der Waals surface area contributed by atoms with Crippen LogP contribution < -0.4 is 4.74 Å². The Kier molecular flexibility index (Phi) is 3.93. The first-order valence-electron chi connectivity index (χ1n) is 7.94. The van der Waals surface area contributed by atoms with E-state index >= 15 is 0 Å². The van der Waals surface area contributed by atoms with Gasteiger partial charge in [0.25, 0.3) is 0 Å². The Hall–Kier alpha value is -3.19. The zero-order chi connectivity index (χ0) is 18.3. The van der Waals surface area contributed by atoms with Gasteiger partial charge >= 0.3 is 11.9 Å². The predicted octanol–water partition coefficient (Wildman–Crippen LogP) is 3.84. The third-order valence-electron chi connectivity index (χ3n) is 4.07. The molecule has 1 atom stereocenters. The minimum absolute atomic E-state index is 0.293. The molecule has 1 N–H and O–H groups in total. The van der Waals surface area contributed by atoms with Gasteiger partial charge in [-0.05, 0) is 31.2 Å². The fourth-order valence-corrected chi connectivity index (χ4v) is 3.62. The molecular formula is C19H14N2O4S. The Morgan fingerprint density at radius 2 is 2.00 bits per heavy atom. The van der Waals surface area contributed by atoms with Crippen molar-refractivity contribution in [3.8, 4) is 17.0 Å². The number of imidazole rings is 1. The molecule has 130 valence electrons. The van der Waals surface area contributed by atoms with Crippen LogP contribution in [0.2, 0.25) is 0 Å². The minimum Gasteiger partial charge on any atom is -0.481 e. The number of aromatic nitrogens is 2. The van der Waals surface area contributed by atoms with E-state index in [1.807, 2.05) is 34.9 Å². The molecule has 0 saturated heterocycles. The van der Waals surface area contributed by atoms with Gasteiger partial charge in [-0.1, -0.05) is 35.6 Å². The van der Waals surface area contributed by atoms with Gasteiger partial charge < -0.3 is 9.84 Å². The van der Waals surface area contributed by atoms with E-state index in [9.17, 15) is 9.59 Å². The topological polar surface area (TPSA) is 80.9 Å². The van der Waals surface area contributed by atoms with Gasteiger partial charge in [0.15, 0.2) is 10.9 Å². The molecule has 0 aliphatic heterocycles. The maximum Gasteiger partial charge on any atom is 0.325 e. The van der Waals surface area contributed by atoms with E-state index in [0.29, 0.717) is 5.75 Å². The largest absolute Gasteiger partial charge is 0.481 e. The van der Waals surface area contributed by atoms with Crippen LogP contribution in [0.1, 0.15) is 6.92 Å². The maximum absolute atomic E-state index is 11.8. The number of carboxylic acid groups (broad SMARTS) is 1. The van der Waals surface area contributed by atoms with E-state index in [-0.39, 0.29) is 0 Å². The van der Waals surface area contributed by atoms with Crippen LogP contribution in [0.5, 0.6) is 5.75 Å². The molecule has 0 fully saturated rings. The van der Waals surface area contributed by atoms with Gasteiger partial charge in [0.2, 0.25) is 0 Å². The maximum atomic E-state index is 11.8. The first-order valence-corrected chi connectivity index (χ1v) is 8.76. The van der Waals surface area contributed by atoms with Crippen molar-refractivity contribution in [3.63, 3.8) is 0 Å². The number of esters is 1. The number of carbonyl (C=O) groups is 2. The van der Waals surface area contributed by atoms with Crippen molar-refractivity contribution in [2.75, 3.05) is 0 Å². The predicted molar refractivity (Wildman–Crippen MR) is 98.4 cm³/mol. The summed E-state index contributed by atoms with van der Waals surface area (Å²) >= 11 is 1.60. The number of carbonyl (C=O) groups excluding carboxylic acids is 1. The molecule has 0 radical (unpaired) electrons. The van der Waals surface area contributed by atoms with Gasteiger partial charge in [-0.3, -0.25) is 14.0 Å². The highest BCUT2D eigenvalue weighted by Crippen LogP contribution is 2.30. The number of ether oxygens (including phenoxy) is 1. The molecule has 0 amide bonds. The van der Waals surface area contributed by atoms with Crippen LogP contribution in [0, 0.1) is 5.92 Å². The number of hydrogen-bond donors (Lipinski definition) is 1. The van der Waals surface area contributed by atoms with E-state index in [1.54, 1.807) is 29.5 Å². The summed E-state index contributed by atoms with van der Waals surface area (Å²) in [6.07, 6.45) is 1.94. The van der Waals surface area contributed by atoms with Crippen LogP contribution in [0.3, 0.4) is 0 Å². The van der Waals surface area contributed by atoms with Crippen LogP contribution in [-0.4, -0.2) is 26.4 Å². The van der Waals surface area contributed by atoms with E-state index in [1.165, 1.54) is 6.92 Å². The number of aliphatic carboxylic acids is 1. The summed E-state index contributed by atoms with van der Waals surface area (Å²) in [5, 5.41) is 8.89. The van der Waals surface area contributed by atoms with Crippen molar-refractivity contribution in [1.29, 1.82) is 0 Å². The molecule has 0 aliphatic rings. The average molecular weight is 366 g/mol. The lowest BCUT2D eigenvalue weighted by molar-refractivity contribution is -0.151. The summed E-state index contributed by atoms with van der Waals surface area (Å²) in [5.41, 5.74) is 2.63. The number of hydrogen-bond acceptors (Lipinski definition) is 5. The van der Waals surface area contributed by atoms with Gasteiger partial charge in [0.1, 0.15) is 5.75 Å². The highest BCUT2D eigenvalue weighted by Gasteiger charge is 2.23. The zero-order valence-corrected chi connectivity index (χ0v) is 14.6. The van der Waals surface area contributed by atoms with Gasteiger partial charge in [0.05, 0.1) is 15.9 Å². The lowest BCUT2D eigenvalue weighted by Gasteiger charge is -2.08. The molecule has 4 rings (SSSR count). The molecule has 4 aromatic rings. The molecule has 6 nitrogen and oxygen atoms in total. The van der Waals surface area contributed by atoms with Crippen molar-refractivity contribution in [2.45, 2.75) is 6.92 Å². The smallest absolute Gasteiger partial charge is 0.325 e. The van der Waals surface area contributed by atoms with Crippen LogP contribution in [0.4, 0.5) is 0 Å². The van der Waals surface area contributed by atoms with Crippen molar-refractivity contribution in [3.05, 3.63) is 54.7 Å². The van der Waals surface area contributed by atoms with Crippen LogP contribution in [-0.2, 0) is 9.59 Å². The summed E-state index contributed by atoms with van der Waals surface area (Å²) in [7, 11) is 0. The Morgan fingerprint density at radius 1 is 1.19 bits per heavy atom. The molecule has 26 heavy (non-hydrogen) atoms. The standard InChI is InChI=1S/C19H14N2O4S/c1-11(17(22)23)18(24)25-13-6-4-5-12(9-13)14-10-21-15-7-2-3-8-16(15)26-19(21)20-14/h2-11H,1H3,(H,22,23). The quantitative estimate of drug-likeness (QED) is 0.337. The number of thiazole rings is 1. The molecule has 0 aliphatic carbocycles. The first-order chi connectivity index (χ1) is 12.5. The van der Waals surface area contributed by atoms with Gasteiger partial charge in [0, 0.05) is 11.8 Å². The lowest BCUT2D eigenvalue weighted by atomic mass is 10.1. The minimum atomic E-state index is -1.22. The molecule has 2 aromatic carbocycles. The Balaban J connectivity index is 1.67. The molecule has 0 spiro atoms. The Bertz CT molecular complexity index is 1140. The van der Waals surface area contributed by atoms with Crippen molar-refractivity contribution < 1.29 is 19.4 Å². The normalized spacial score (nSPS) is 12.3. The zero-order valence-electron chi connectivity index (χ0n) is 13.7. The third kappa shape index (κ3) is 2.82. The second-order valence-corrected chi connectivity index (χ2v) is 6.87. The lowest BCUT2D eigenvalue weighted by Crippen LogP contribution is -2.25. The fraction of sp³-hybridized carbons (Fsp3) is 0.105. The molecule has 2 aromatic heterocycles.